The number of benzene rings is 2. The largest absolute Gasteiger partial charge is 1.00 e. The number of aryl methyl sites for hydroxylation is 1. The Kier molecular flexibility index (Phi) is 5.98. The SMILES string of the molecule is CCCc1cccc2cc(S(=O)(=O)[O-])ccc12.[K+]. The standard InChI is InChI=1S/C13H14O3S.K/c1-2-4-10-5-3-6-11-9-12(17(14,15)16)7-8-13(10)11;/h3,5-9H,2,4H2,1H3,(H,14,15,16);/q;+1/p-1. The van der Waals surface area contributed by atoms with Gasteiger partial charge in [0.2, 0.25) is 0 Å². The van der Waals surface area contributed by atoms with Crippen molar-refractivity contribution in [3.05, 3.63) is 42.0 Å². The van der Waals surface area contributed by atoms with Gasteiger partial charge in [0.1, 0.15) is 10.1 Å². The Hall–Kier alpha value is 0.246. The summed E-state index contributed by atoms with van der Waals surface area (Å²) in [5, 5.41) is 1.81. The second-order valence-electron chi connectivity index (χ2n) is 4.00. The van der Waals surface area contributed by atoms with E-state index >= 15 is 0 Å². The zero-order valence-electron chi connectivity index (χ0n) is 10.5. The van der Waals surface area contributed by atoms with Crippen LogP contribution in [0.15, 0.2) is 41.3 Å². The third-order valence-corrected chi connectivity index (χ3v) is 3.58. The average molecular weight is 288 g/mol. The summed E-state index contributed by atoms with van der Waals surface area (Å²) in [6.45, 7) is 2.09. The molecule has 2 aromatic rings. The molecule has 0 heterocycles. The van der Waals surface area contributed by atoms with E-state index in [2.05, 4.69) is 6.92 Å². The van der Waals surface area contributed by atoms with Crippen LogP contribution in [0, 0.1) is 0 Å². The van der Waals surface area contributed by atoms with Gasteiger partial charge in [-0.2, -0.15) is 0 Å². The maximum absolute atomic E-state index is 10.9. The van der Waals surface area contributed by atoms with Crippen molar-refractivity contribution in [1.82, 2.24) is 0 Å². The minimum atomic E-state index is -4.37. The van der Waals surface area contributed by atoms with Gasteiger partial charge < -0.3 is 4.55 Å². The van der Waals surface area contributed by atoms with E-state index in [4.69, 9.17) is 0 Å². The van der Waals surface area contributed by atoms with Crippen molar-refractivity contribution in [2.24, 2.45) is 0 Å². The maximum Gasteiger partial charge on any atom is 1.00 e. The third kappa shape index (κ3) is 3.63. The van der Waals surface area contributed by atoms with Crippen molar-refractivity contribution < 1.29 is 64.4 Å². The Morgan fingerprint density at radius 1 is 1.17 bits per heavy atom. The second kappa shape index (κ2) is 6.61. The Balaban J connectivity index is 0.00000162. The molecule has 0 radical (unpaired) electrons. The van der Waals surface area contributed by atoms with Gasteiger partial charge in [-0.05, 0) is 34.9 Å². The zero-order valence-corrected chi connectivity index (χ0v) is 14.5. The summed E-state index contributed by atoms with van der Waals surface area (Å²) >= 11 is 0. The van der Waals surface area contributed by atoms with Gasteiger partial charge >= 0.3 is 51.4 Å². The predicted octanol–water partition coefficient (Wildman–Crippen LogP) is -0.300. The molecule has 0 saturated carbocycles. The fraction of sp³-hybridized carbons (Fsp3) is 0.231. The van der Waals surface area contributed by atoms with Crippen LogP contribution in [-0.2, 0) is 16.5 Å². The second-order valence-corrected chi connectivity index (χ2v) is 5.38. The summed E-state index contributed by atoms with van der Waals surface area (Å²) < 4.78 is 32.8. The van der Waals surface area contributed by atoms with Crippen LogP contribution in [0.4, 0.5) is 0 Å². The molecule has 3 nitrogen and oxygen atoms in total. The third-order valence-electron chi connectivity index (χ3n) is 2.75. The molecule has 0 aromatic heterocycles. The Morgan fingerprint density at radius 3 is 2.50 bits per heavy atom. The molecule has 0 aliphatic rings. The first-order valence-corrected chi connectivity index (χ1v) is 6.91. The molecule has 0 aliphatic carbocycles. The summed E-state index contributed by atoms with van der Waals surface area (Å²) in [5.74, 6) is 0. The van der Waals surface area contributed by atoms with E-state index < -0.39 is 10.1 Å². The topological polar surface area (TPSA) is 57.2 Å². The molecule has 0 fully saturated rings. The van der Waals surface area contributed by atoms with Gasteiger partial charge in [-0.15, -0.1) is 0 Å². The van der Waals surface area contributed by atoms with Crippen LogP contribution in [0.5, 0.6) is 0 Å². The van der Waals surface area contributed by atoms with Crippen molar-refractivity contribution in [1.29, 1.82) is 0 Å². The quantitative estimate of drug-likeness (QED) is 0.575. The van der Waals surface area contributed by atoms with Crippen LogP contribution in [0.2, 0.25) is 0 Å². The molecule has 0 unspecified atom stereocenters. The molecule has 18 heavy (non-hydrogen) atoms. The molecular weight excluding hydrogens is 275 g/mol. The molecule has 0 saturated heterocycles. The number of rotatable bonds is 3. The number of hydrogen-bond acceptors (Lipinski definition) is 3. The molecule has 2 aromatic carbocycles. The molecule has 0 atom stereocenters. The maximum atomic E-state index is 10.9. The summed E-state index contributed by atoms with van der Waals surface area (Å²) in [7, 11) is -4.37. The summed E-state index contributed by atoms with van der Waals surface area (Å²) in [6, 6.07) is 10.3. The Labute approximate surface area is 150 Å². The zero-order chi connectivity index (χ0) is 12.5. The van der Waals surface area contributed by atoms with Gasteiger partial charge in [0.25, 0.3) is 0 Å². The van der Waals surface area contributed by atoms with E-state index in [1.165, 1.54) is 17.7 Å². The van der Waals surface area contributed by atoms with E-state index in [9.17, 15) is 13.0 Å². The predicted molar refractivity (Wildman–Crippen MR) is 65.9 cm³/mol. The van der Waals surface area contributed by atoms with Crippen molar-refractivity contribution in [3.63, 3.8) is 0 Å². The van der Waals surface area contributed by atoms with E-state index in [0.717, 1.165) is 23.6 Å². The molecule has 2 rings (SSSR count). The fourth-order valence-electron chi connectivity index (χ4n) is 1.97. The van der Waals surface area contributed by atoms with Gasteiger partial charge in [-0.25, -0.2) is 8.42 Å². The van der Waals surface area contributed by atoms with Crippen LogP contribution in [0.1, 0.15) is 18.9 Å². The molecule has 0 spiro atoms. The number of hydrogen-bond donors (Lipinski definition) is 0. The van der Waals surface area contributed by atoms with Crippen molar-refractivity contribution in [2.45, 2.75) is 24.7 Å². The monoisotopic (exact) mass is 288 g/mol. The fourth-order valence-corrected chi connectivity index (χ4v) is 2.48. The molecule has 0 bridgehead atoms. The molecule has 0 aliphatic heterocycles. The first-order chi connectivity index (χ1) is 8.02. The molecular formula is C13H13KO3S. The summed E-state index contributed by atoms with van der Waals surface area (Å²) in [5.41, 5.74) is 1.18. The molecule has 90 valence electrons. The first kappa shape index (κ1) is 16.3. The van der Waals surface area contributed by atoms with Gasteiger partial charge in [-0.3, -0.25) is 0 Å². The van der Waals surface area contributed by atoms with E-state index in [0.29, 0.717) is 0 Å². The summed E-state index contributed by atoms with van der Waals surface area (Å²) in [4.78, 5) is -0.168. The Bertz CT molecular complexity index is 650. The van der Waals surface area contributed by atoms with Gasteiger partial charge in [0.05, 0.1) is 4.90 Å². The van der Waals surface area contributed by atoms with Crippen LogP contribution >= 0.6 is 0 Å². The van der Waals surface area contributed by atoms with E-state index in [-0.39, 0.29) is 56.3 Å². The summed E-state index contributed by atoms with van der Waals surface area (Å²) in [6.07, 6.45) is 1.97. The minimum absolute atomic E-state index is 0. The van der Waals surface area contributed by atoms with Gasteiger partial charge in [0, 0.05) is 0 Å². The Morgan fingerprint density at radius 2 is 1.89 bits per heavy atom. The van der Waals surface area contributed by atoms with Gasteiger partial charge in [-0.1, -0.05) is 37.6 Å². The molecule has 0 N–H and O–H groups in total. The molecule has 5 heteroatoms. The van der Waals surface area contributed by atoms with Crippen molar-refractivity contribution >= 4 is 20.9 Å². The van der Waals surface area contributed by atoms with E-state index in [1.807, 2.05) is 18.2 Å². The van der Waals surface area contributed by atoms with Crippen LogP contribution in [-0.4, -0.2) is 13.0 Å². The smallest absolute Gasteiger partial charge is 0.744 e. The average Bonchev–Trinajstić information content (AvgIpc) is 2.28. The van der Waals surface area contributed by atoms with Crippen LogP contribution in [0.3, 0.4) is 0 Å². The van der Waals surface area contributed by atoms with Gasteiger partial charge in [0.15, 0.2) is 0 Å². The molecule has 0 amide bonds. The number of fused-ring (bicyclic) bond motifs is 1. The van der Waals surface area contributed by atoms with E-state index in [1.54, 1.807) is 6.07 Å². The first-order valence-electron chi connectivity index (χ1n) is 5.50. The van der Waals surface area contributed by atoms with Crippen LogP contribution in [0.25, 0.3) is 10.8 Å². The van der Waals surface area contributed by atoms with Crippen molar-refractivity contribution in [2.75, 3.05) is 0 Å². The minimum Gasteiger partial charge on any atom is -0.744 e. The van der Waals surface area contributed by atoms with Crippen molar-refractivity contribution in [3.8, 4) is 0 Å². The normalized spacial score (nSPS) is 11.2. The van der Waals surface area contributed by atoms with Crippen LogP contribution < -0.4 is 51.4 Å².